The molecule has 0 saturated heterocycles. The molecule has 1 heterocycles. The van der Waals surface area contributed by atoms with Crippen molar-refractivity contribution < 1.29 is 19.2 Å². The van der Waals surface area contributed by atoms with Crippen LogP contribution in [0.15, 0.2) is 23.4 Å². The third-order valence-corrected chi connectivity index (χ3v) is 4.42. The number of nitrogens with one attached hydrogen (secondary N) is 2. The standard InChI is InChI=1S/C18H23N3O5S/c1-5-6-7-26-17-13(21(23)24)8-12(9-14(17)25-4)16-15(11(3)22)10(2)19-18(27)20-16/h8-9,16H,5-7H2,1-4H3,(H2,19,20,27). The monoisotopic (exact) mass is 393 g/mol. The van der Waals surface area contributed by atoms with Gasteiger partial charge in [-0.15, -0.1) is 0 Å². The second kappa shape index (κ2) is 8.81. The number of hydrogen-bond acceptors (Lipinski definition) is 6. The van der Waals surface area contributed by atoms with Crippen molar-refractivity contribution in [2.24, 2.45) is 0 Å². The van der Waals surface area contributed by atoms with Crippen LogP contribution in [0, 0.1) is 10.1 Å². The topological polar surface area (TPSA) is 103 Å². The maximum Gasteiger partial charge on any atom is 0.315 e. The van der Waals surface area contributed by atoms with Crippen LogP contribution in [-0.4, -0.2) is 29.5 Å². The average Bonchev–Trinajstić information content (AvgIpc) is 2.60. The number of nitrogens with zero attached hydrogens (tertiary/aromatic N) is 1. The highest BCUT2D eigenvalue weighted by Crippen LogP contribution is 2.41. The molecule has 0 bridgehead atoms. The summed E-state index contributed by atoms with van der Waals surface area (Å²) in [5, 5.41) is 17.9. The van der Waals surface area contributed by atoms with Crippen molar-refractivity contribution in [3.8, 4) is 11.5 Å². The van der Waals surface area contributed by atoms with Crippen LogP contribution in [0.5, 0.6) is 11.5 Å². The van der Waals surface area contributed by atoms with E-state index in [1.807, 2.05) is 6.92 Å². The van der Waals surface area contributed by atoms with Gasteiger partial charge in [-0.05, 0) is 44.1 Å². The van der Waals surface area contributed by atoms with Gasteiger partial charge in [0, 0.05) is 17.3 Å². The summed E-state index contributed by atoms with van der Waals surface area (Å²) in [6.07, 6.45) is 1.67. The Morgan fingerprint density at radius 2 is 2.11 bits per heavy atom. The van der Waals surface area contributed by atoms with Crippen molar-refractivity contribution in [2.75, 3.05) is 13.7 Å². The second-order valence-corrected chi connectivity index (χ2v) is 6.57. The van der Waals surface area contributed by atoms with Crippen molar-refractivity contribution in [1.82, 2.24) is 10.6 Å². The number of nitro groups is 1. The smallest absolute Gasteiger partial charge is 0.315 e. The molecule has 0 saturated carbocycles. The van der Waals surface area contributed by atoms with Gasteiger partial charge in [0.25, 0.3) is 0 Å². The summed E-state index contributed by atoms with van der Waals surface area (Å²) in [5.74, 6) is 0.160. The van der Waals surface area contributed by atoms with Gasteiger partial charge >= 0.3 is 5.69 Å². The quantitative estimate of drug-likeness (QED) is 0.300. The Morgan fingerprint density at radius 1 is 1.41 bits per heavy atom. The van der Waals surface area contributed by atoms with E-state index in [1.165, 1.54) is 20.1 Å². The largest absolute Gasteiger partial charge is 0.493 e. The first kappa shape index (κ1) is 20.6. The molecule has 8 nitrogen and oxygen atoms in total. The van der Waals surface area contributed by atoms with E-state index >= 15 is 0 Å². The van der Waals surface area contributed by atoms with E-state index in [2.05, 4.69) is 10.6 Å². The number of unbranched alkanes of at least 4 members (excludes halogenated alkanes) is 1. The molecule has 2 N–H and O–H groups in total. The number of carbonyl (C=O) groups is 1. The van der Waals surface area contributed by atoms with Crippen LogP contribution in [0.25, 0.3) is 0 Å². The molecule has 0 radical (unpaired) electrons. The fraction of sp³-hybridized carbons (Fsp3) is 0.444. The molecule has 0 amide bonds. The third kappa shape index (κ3) is 4.54. The number of methoxy groups -OCH3 is 1. The highest BCUT2D eigenvalue weighted by Gasteiger charge is 2.31. The molecule has 27 heavy (non-hydrogen) atoms. The highest BCUT2D eigenvalue weighted by atomic mass is 32.1. The molecule has 0 aliphatic carbocycles. The van der Waals surface area contributed by atoms with Gasteiger partial charge in [0.1, 0.15) is 0 Å². The van der Waals surface area contributed by atoms with Crippen LogP contribution in [0.2, 0.25) is 0 Å². The van der Waals surface area contributed by atoms with E-state index in [0.717, 1.165) is 12.8 Å². The first-order valence-electron chi connectivity index (χ1n) is 8.58. The summed E-state index contributed by atoms with van der Waals surface area (Å²) in [4.78, 5) is 23.3. The zero-order valence-corrected chi connectivity index (χ0v) is 16.6. The summed E-state index contributed by atoms with van der Waals surface area (Å²) >= 11 is 5.18. The highest BCUT2D eigenvalue weighted by molar-refractivity contribution is 7.80. The number of benzene rings is 1. The molecule has 1 aromatic rings. The van der Waals surface area contributed by atoms with E-state index < -0.39 is 11.0 Å². The number of carbonyl (C=O) groups excluding carboxylic acids is 1. The molecule has 0 spiro atoms. The number of hydrogen-bond donors (Lipinski definition) is 2. The fourth-order valence-electron chi connectivity index (χ4n) is 2.94. The molecular formula is C18H23N3O5S. The van der Waals surface area contributed by atoms with Gasteiger partial charge in [0.15, 0.2) is 16.6 Å². The molecule has 2 rings (SSSR count). The number of ketones is 1. The molecule has 1 unspecified atom stereocenters. The van der Waals surface area contributed by atoms with E-state index in [9.17, 15) is 14.9 Å². The van der Waals surface area contributed by atoms with Crippen molar-refractivity contribution in [3.63, 3.8) is 0 Å². The number of rotatable bonds is 8. The van der Waals surface area contributed by atoms with Gasteiger partial charge in [-0.25, -0.2) is 0 Å². The first-order valence-corrected chi connectivity index (χ1v) is 8.99. The number of allylic oxidation sites excluding steroid dienone is 1. The van der Waals surface area contributed by atoms with Crippen LogP contribution in [0.4, 0.5) is 5.69 Å². The summed E-state index contributed by atoms with van der Waals surface area (Å²) in [7, 11) is 1.42. The van der Waals surface area contributed by atoms with Gasteiger partial charge in [-0.3, -0.25) is 14.9 Å². The molecule has 1 aliphatic heterocycles. The zero-order valence-electron chi connectivity index (χ0n) is 15.8. The van der Waals surface area contributed by atoms with Crippen LogP contribution in [0.1, 0.15) is 45.2 Å². The van der Waals surface area contributed by atoms with Crippen molar-refractivity contribution >= 4 is 28.8 Å². The van der Waals surface area contributed by atoms with Gasteiger partial charge in [-0.1, -0.05) is 13.3 Å². The third-order valence-electron chi connectivity index (χ3n) is 4.20. The lowest BCUT2D eigenvalue weighted by Gasteiger charge is -2.30. The van der Waals surface area contributed by atoms with Crippen LogP contribution >= 0.6 is 12.2 Å². The van der Waals surface area contributed by atoms with E-state index in [4.69, 9.17) is 21.7 Å². The number of Topliss-reactive ketones (excluding diaryl/α,β-unsaturated/α-hetero) is 1. The molecular weight excluding hydrogens is 370 g/mol. The van der Waals surface area contributed by atoms with Gasteiger partial charge in [0.2, 0.25) is 5.75 Å². The number of nitro benzene ring substituents is 1. The molecule has 1 aromatic carbocycles. The van der Waals surface area contributed by atoms with Crippen molar-refractivity contribution in [2.45, 2.75) is 39.7 Å². The van der Waals surface area contributed by atoms with E-state index in [-0.39, 0.29) is 23.0 Å². The van der Waals surface area contributed by atoms with Gasteiger partial charge in [-0.2, -0.15) is 0 Å². The molecule has 9 heteroatoms. The number of thiocarbonyl (C=S) groups is 1. The summed E-state index contributed by atoms with van der Waals surface area (Å²) in [6.45, 7) is 5.53. The molecule has 1 aliphatic rings. The molecule has 1 atom stereocenters. The molecule has 0 fully saturated rings. The Morgan fingerprint density at radius 3 is 2.67 bits per heavy atom. The Labute approximate surface area is 163 Å². The minimum absolute atomic E-state index is 0.0845. The Balaban J connectivity index is 2.58. The predicted octanol–water partition coefficient (Wildman–Crippen LogP) is 3.16. The molecule has 146 valence electrons. The summed E-state index contributed by atoms with van der Waals surface area (Å²) in [6, 6.07) is 2.41. The van der Waals surface area contributed by atoms with E-state index in [1.54, 1.807) is 13.0 Å². The summed E-state index contributed by atoms with van der Waals surface area (Å²) < 4.78 is 11.0. The fourth-order valence-corrected chi connectivity index (χ4v) is 3.21. The SMILES string of the molecule is CCCCOc1c(OC)cc(C2NC(=S)NC(C)=C2C(C)=O)cc1[N+](=O)[O-]. The Bertz CT molecular complexity index is 806. The van der Waals surface area contributed by atoms with E-state index in [0.29, 0.717) is 28.6 Å². The lowest BCUT2D eigenvalue weighted by atomic mass is 9.92. The maximum atomic E-state index is 12.1. The van der Waals surface area contributed by atoms with Gasteiger partial charge in [0.05, 0.1) is 24.7 Å². The van der Waals surface area contributed by atoms with Crippen molar-refractivity contribution in [1.29, 1.82) is 0 Å². The maximum absolute atomic E-state index is 12.1. The van der Waals surface area contributed by atoms with Crippen LogP contribution in [0.3, 0.4) is 0 Å². The minimum Gasteiger partial charge on any atom is -0.493 e. The zero-order chi connectivity index (χ0) is 20.1. The first-order chi connectivity index (χ1) is 12.8. The van der Waals surface area contributed by atoms with Crippen LogP contribution < -0.4 is 20.1 Å². The normalized spacial score (nSPS) is 16.4. The average molecular weight is 393 g/mol. The minimum atomic E-state index is -0.617. The lowest BCUT2D eigenvalue weighted by Crippen LogP contribution is -2.44. The lowest BCUT2D eigenvalue weighted by molar-refractivity contribution is -0.386. The molecule has 0 aromatic heterocycles. The van der Waals surface area contributed by atoms with Crippen molar-refractivity contribution in [3.05, 3.63) is 39.1 Å². The Hall–Kier alpha value is -2.68. The van der Waals surface area contributed by atoms with Gasteiger partial charge < -0.3 is 20.1 Å². The Kier molecular flexibility index (Phi) is 6.73. The summed E-state index contributed by atoms with van der Waals surface area (Å²) in [5.41, 5.74) is 1.35. The predicted molar refractivity (Wildman–Crippen MR) is 105 cm³/mol. The van der Waals surface area contributed by atoms with Crippen LogP contribution in [-0.2, 0) is 4.79 Å². The second-order valence-electron chi connectivity index (χ2n) is 6.16. The number of ether oxygens (including phenoxy) is 2.